The molecule has 0 atom stereocenters. The minimum atomic E-state index is -1.41. The van der Waals surface area contributed by atoms with Gasteiger partial charge in [-0.2, -0.15) is 0 Å². The van der Waals surface area contributed by atoms with Crippen molar-refractivity contribution >= 4 is 29.4 Å². The van der Waals surface area contributed by atoms with E-state index in [1.807, 2.05) is 25.3 Å². The summed E-state index contributed by atoms with van der Waals surface area (Å²) in [4.78, 5) is 46.3. The zero-order valence-corrected chi connectivity index (χ0v) is 24.2. The molecule has 5 rings (SSSR count). The van der Waals surface area contributed by atoms with E-state index < -0.39 is 40.4 Å². The van der Waals surface area contributed by atoms with Gasteiger partial charge in [0.15, 0.2) is 17.4 Å². The van der Waals surface area contributed by atoms with Crippen LogP contribution < -0.4 is 15.4 Å². The molecule has 2 aromatic rings. The van der Waals surface area contributed by atoms with Crippen molar-refractivity contribution in [3.05, 3.63) is 65.9 Å². The quantitative estimate of drug-likeness (QED) is 0.301. The molecule has 1 aromatic carbocycles. The predicted molar refractivity (Wildman–Crippen MR) is 156 cm³/mol. The van der Waals surface area contributed by atoms with Gasteiger partial charge in [0.2, 0.25) is 5.91 Å². The van der Waals surface area contributed by atoms with Crippen LogP contribution in [0.5, 0.6) is 11.5 Å². The van der Waals surface area contributed by atoms with Crippen molar-refractivity contribution in [2.24, 2.45) is 5.41 Å². The molecule has 12 heteroatoms. The van der Waals surface area contributed by atoms with Gasteiger partial charge in [0.1, 0.15) is 23.6 Å². The van der Waals surface area contributed by atoms with Crippen molar-refractivity contribution in [2.75, 3.05) is 44.4 Å². The summed E-state index contributed by atoms with van der Waals surface area (Å²) in [5, 5.41) is 5.05. The van der Waals surface area contributed by atoms with Gasteiger partial charge in [0, 0.05) is 37.5 Å². The van der Waals surface area contributed by atoms with Crippen molar-refractivity contribution in [1.29, 1.82) is 0 Å². The summed E-state index contributed by atoms with van der Waals surface area (Å²) in [5.74, 6) is -3.45. The fraction of sp³-hybridized carbons (Fsp3) is 0.419. The third kappa shape index (κ3) is 7.19. The number of hydrogen-bond donors (Lipinski definition) is 2. The van der Waals surface area contributed by atoms with Crippen molar-refractivity contribution in [1.82, 2.24) is 14.8 Å². The van der Waals surface area contributed by atoms with E-state index in [2.05, 4.69) is 20.5 Å². The predicted octanol–water partition coefficient (Wildman–Crippen LogP) is 5.25. The maximum atomic E-state index is 15.0. The van der Waals surface area contributed by atoms with Crippen LogP contribution >= 0.6 is 0 Å². The van der Waals surface area contributed by atoms with E-state index in [1.54, 1.807) is 11.9 Å². The lowest BCUT2D eigenvalue weighted by molar-refractivity contribution is -0.152. The first kappa shape index (κ1) is 30.1. The zero-order chi connectivity index (χ0) is 30.6. The van der Waals surface area contributed by atoms with Crippen molar-refractivity contribution < 1.29 is 32.6 Å². The van der Waals surface area contributed by atoms with E-state index in [4.69, 9.17) is 9.47 Å². The molecule has 2 N–H and O–H groups in total. The van der Waals surface area contributed by atoms with Crippen molar-refractivity contribution in [3.63, 3.8) is 0 Å². The Hall–Kier alpha value is -4.32. The molecule has 2 fully saturated rings. The molecule has 2 heterocycles. The SMILES string of the molecule is CN1CCC(N(C)C(=O)Nc2cc(Oc3cc(F)c(NC(=O)C4(C(=O)OCC5=CC=CCC5)CC4)cc3F)ccn2)CC1. The molecule has 0 radical (unpaired) electrons. The summed E-state index contributed by atoms with van der Waals surface area (Å²) in [7, 11) is 3.77. The second-order valence-corrected chi connectivity index (χ2v) is 11.2. The number of carbonyl (C=O) groups is 3. The van der Waals surface area contributed by atoms with Gasteiger partial charge >= 0.3 is 12.0 Å². The van der Waals surface area contributed by atoms with Crippen molar-refractivity contribution in [2.45, 2.75) is 44.6 Å². The van der Waals surface area contributed by atoms with E-state index in [0.29, 0.717) is 0 Å². The van der Waals surface area contributed by atoms with Gasteiger partial charge in [0.05, 0.1) is 5.69 Å². The molecule has 0 bridgehead atoms. The maximum Gasteiger partial charge on any atom is 0.323 e. The summed E-state index contributed by atoms with van der Waals surface area (Å²) in [6.07, 6.45) is 11.0. The molecule has 1 aliphatic heterocycles. The summed E-state index contributed by atoms with van der Waals surface area (Å²) < 4.78 is 40.8. The number of likely N-dealkylation sites (tertiary alicyclic amines) is 1. The third-order valence-corrected chi connectivity index (χ3v) is 8.08. The van der Waals surface area contributed by atoms with Gasteiger partial charge < -0.3 is 24.6 Å². The lowest BCUT2D eigenvalue weighted by Crippen LogP contribution is -2.46. The highest BCUT2D eigenvalue weighted by molar-refractivity contribution is 6.11. The summed E-state index contributed by atoms with van der Waals surface area (Å²) in [6, 6.07) is 4.20. The number of piperidine rings is 1. The molecule has 3 aliphatic rings. The van der Waals surface area contributed by atoms with Crippen LogP contribution in [-0.4, -0.2) is 72.5 Å². The Bertz CT molecular complexity index is 1450. The molecule has 3 amide bonds. The molecule has 1 aromatic heterocycles. The lowest BCUT2D eigenvalue weighted by Gasteiger charge is -2.34. The highest BCUT2D eigenvalue weighted by Gasteiger charge is 2.58. The Labute approximate surface area is 248 Å². The molecule has 10 nitrogen and oxygen atoms in total. The second kappa shape index (κ2) is 12.9. The average molecular weight is 596 g/mol. The van der Waals surface area contributed by atoms with E-state index in [1.165, 1.54) is 18.3 Å². The number of aromatic nitrogens is 1. The molecule has 1 saturated heterocycles. The third-order valence-electron chi connectivity index (χ3n) is 8.08. The monoisotopic (exact) mass is 595 g/mol. The van der Waals surface area contributed by atoms with Crippen LogP contribution in [0.25, 0.3) is 0 Å². The van der Waals surface area contributed by atoms with Crippen LogP contribution in [0, 0.1) is 17.0 Å². The minimum absolute atomic E-state index is 0.0860. The second-order valence-electron chi connectivity index (χ2n) is 11.2. The first-order chi connectivity index (χ1) is 20.6. The number of hydrogen-bond acceptors (Lipinski definition) is 7. The van der Waals surface area contributed by atoms with Crippen molar-refractivity contribution in [3.8, 4) is 11.5 Å². The molecule has 228 valence electrons. The number of urea groups is 1. The number of nitrogens with zero attached hydrogens (tertiary/aromatic N) is 3. The number of amides is 3. The number of ether oxygens (including phenoxy) is 2. The Balaban J connectivity index is 1.19. The molecule has 0 spiro atoms. The van der Waals surface area contributed by atoms with E-state index in [0.717, 1.165) is 56.5 Å². The number of halogens is 2. The summed E-state index contributed by atoms with van der Waals surface area (Å²) in [5.41, 5.74) is -0.893. The van der Waals surface area contributed by atoms with E-state index >= 15 is 0 Å². The highest BCUT2D eigenvalue weighted by Crippen LogP contribution is 2.48. The van der Waals surface area contributed by atoms with Gasteiger partial charge in [-0.05, 0) is 70.3 Å². The Kier molecular flexibility index (Phi) is 9.05. The van der Waals surface area contributed by atoms with Gasteiger partial charge in [0.25, 0.3) is 0 Å². The number of allylic oxidation sites excluding steroid dienone is 3. The van der Waals surface area contributed by atoms with Crippen LogP contribution in [0.15, 0.2) is 54.3 Å². The van der Waals surface area contributed by atoms with Crippen LogP contribution in [0.1, 0.15) is 38.5 Å². The topological polar surface area (TPSA) is 113 Å². The largest absolute Gasteiger partial charge is 0.460 e. The van der Waals surface area contributed by atoms with Crippen LogP contribution in [0.3, 0.4) is 0 Å². The standard InChI is InChI=1S/C31H35F2N5O5/c1-37-14-9-21(10-15-37)38(2)30(41)36-27-16-22(8-13-34-27)43-26-18-23(32)25(17-24(26)33)35-28(39)31(11-12-31)29(40)42-19-20-6-4-3-5-7-20/h3-4,6,8,13,16-18,21H,5,7,9-12,14-15,19H2,1-2H3,(H,35,39)(H,34,36,41). The number of rotatable bonds is 9. The maximum absolute atomic E-state index is 15.0. The van der Waals surface area contributed by atoms with Crippen LogP contribution in [0.2, 0.25) is 0 Å². The fourth-order valence-electron chi connectivity index (χ4n) is 5.08. The average Bonchev–Trinajstić information content (AvgIpc) is 3.82. The summed E-state index contributed by atoms with van der Waals surface area (Å²) in [6.45, 7) is 1.89. The number of carbonyl (C=O) groups excluding carboxylic acids is 3. The van der Waals surface area contributed by atoms with Gasteiger partial charge in [-0.3, -0.25) is 14.9 Å². The molecule has 43 heavy (non-hydrogen) atoms. The van der Waals surface area contributed by atoms with Gasteiger partial charge in [-0.15, -0.1) is 0 Å². The van der Waals surface area contributed by atoms with E-state index in [-0.39, 0.29) is 43.1 Å². The Morgan fingerprint density at radius 1 is 1.12 bits per heavy atom. The number of nitrogens with one attached hydrogen (secondary N) is 2. The number of anilines is 2. The fourth-order valence-corrected chi connectivity index (χ4v) is 5.08. The molecular weight excluding hydrogens is 560 g/mol. The van der Waals surface area contributed by atoms with Crippen LogP contribution in [0.4, 0.5) is 25.1 Å². The van der Waals surface area contributed by atoms with E-state index in [9.17, 15) is 23.2 Å². The normalized spacial score (nSPS) is 17.9. The minimum Gasteiger partial charge on any atom is -0.460 e. The lowest BCUT2D eigenvalue weighted by atomic mass is 10.0. The van der Waals surface area contributed by atoms with Gasteiger partial charge in [-0.1, -0.05) is 18.2 Å². The summed E-state index contributed by atoms with van der Waals surface area (Å²) >= 11 is 0. The van der Waals surface area contributed by atoms with Crippen LogP contribution in [-0.2, 0) is 14.3 Å². The number of pyridine rings is 1. The molecule has 0 unspecified atom stereocenters. The Morgan fingerprint density at radius 3 is 2.58 bits per heavy atom. The highest BCUT2D eigenvalue weighted by atomic mass is 19.1. The molecular formula is C31H35F2N5O5. The zero-order valence-electron chi connectivity index (χ0n) is 24.2. The Morgan fingerprint density at radius 2 is 1.88 bits per heavy atom. The number of esters is 1. The van der Waals surface area contributed by atoms with Gasteiger partial charge in [-0.25, -0.2) is 18.6 Å². The molecule has 2 aliphatic carbocycles. The number of benzene rings is 1. The molecule has 1 saturated carbocycles. The smallest absolute Gasteiger partial charge is 0.323 e. The first-order valence-electron chi connectivity index (χ1n) is 14.3. The first-order valence-corrected chi connectivity index (χ1v) is 14.3.